The molecule has 14 heteroatoms. The number of ether oxygens (including phenoxy) is 1. The van der Waals surface area contributed by atoms with Gasteiger partial charge in [0.25, 0.3) is 0 Å². The van der Waals surface area contributed by atoms with E-state index in [1.807, 2.05) is 0 Å². The number of rotatable bonds is 9. The molecule has 1 saturated heterocycles. The molecule has 0 spiro atoms. The Morgan fingerprint density at radius 2 is 1.43 bits per heavy atom. The normalized spacial score (nSPS) is 17.1. The minimum Gasteiger partial charge on any atom is -0.497 e. The van der Waals surface area contributed by atoms with Gasteiger partial charge in [-0.2, -0.15) is 21.5 Å². The molecule has 37 heavy (non-hydrogen) atoms. The van der Waals surface area contributed by atoms with Crippen LogP contribution in [0.5, 0.6) is 11.5 Å². The zero-order chi connectivity index (χ0) is 27.7. The van der Waals surface area contributed by atoms with Crippen LogP contribution in [0.1, 0.15) is 43.2 Å². The molecule has 1 heterocycles. The fourth-order valence-corrected chi connectivity index (χ4v) is 7.60. The summed E-state index contributed by atoms with van der Waals surface area (Å²) < 4.78 is 130. The van der Waals surface area contributed by atoms with E-state index in [1.54, 1.807) is 26.0 Å². The number of aryl methyl sites for hydroxylation is 2. The van der Waals surface area contributed by atoms with Crippen LogP contribution in [-0.4, -0.2) is 46.6 Å². The number of hydrogen-bond acceptors (Lipinski definition) is 6. The van der Waals surface area contributed by atoms with Gasteiger partial charge >= 0.3 is 10.1 Å². The Kier molecular flexibility index (Phi) is 8.75. The summed E-state index contributed by atoms with van der Waals surface area (Å²) in [5, 5.41) is 0. The molecule has 0 amide bonds. The first kappa shape index (κ1) is 29.1. The van der Waals surface area contributed by atoms with Crippen molar-refractivity contribution in [1.82, 2.24) is 4.31 Å². The second kappa shape index (κ2) is 11.1. The van der Waals surface area contributed by atoms with Crippen LogP contribution in [0.3, 0.4) is 0 Å². The summed E-state index contributed by atoms with van der Waals surface area (Å²) in [5.41, 5.74) is 0.972. The molecule has 3 rings (SSSR count). The highest BCUT2D eigenvalue weighted by atomic mass is 32.2. The first-order valence-electron chi connectivity index (χ1n) is 11.3. The molecule has 2 aromatic carbocycles. The maximum Gasteiger partial charge on any atom is 0.309 e. The van der Waals surface area contributed by atoms with Crippen LogP contribution in [0, 0.1) is 42.9 Å². The topological polar surface area (TPSA) is 90.0 Å². The quantitative estimate of drug-likeness (QED) is 0.187. The molecule has 2 aromatic rings. The van der Waals surface area contributed by atoms with E-state index in [4.69, 9.17) is 4.74 Å². The van der Waals surface area contributed by atoms with Gasteiger partial charge in [-0.25, -0.2) is 21.6 Å². The van der Waals surface area contributed by atoms with E-state index in [9.17, 15) is 38.8 Å². The third-order valence-corrected chi connectivity index (χ3v) is 9.59. The fraction of sp³-hybridized carbons (Fsp3) is 0.478. The molecule has 0 saturated carbocycles. The van der Waals surface area contributed by atoms with Crippen molar-refractivity contribution in [2.75, 3.05) is 19.4 Å². The molecule has 0 radical (unpaired) electrons. The predicted octanol–water partition coefficient (Wildman–Crippen LogP) is 4.74. The molecule has 206 valence electrons. The van der Waals surface area contributed by atoms with Crippen molar-refractivity contribution in [1.29, 1.82) is 0 Å². The van der Waals surface area contributed by atoms with Crippen LogP contribution in [0.25, 0.3) is 0 Å². The predicted molar refractivity (Wildman–Crippen MR) is 124 cm³/mol. The fourth-order valence-electron chi connectivity index (χ4n) is 4.45. The smallest absolute Gasteiger partial charge is 0.309 e. The van der Waals surface area contributed by atoms with Crippen LogP contribution in [0.2, 0.25) is 0 Å². The SMILES string of the molecule is COc1cc(C)c(S(=O)(=O)N2CCCCC2CCCS(=O)(=O)Oc2c(F)c(F)c(F)c(F)c2F)c(C)c1. The molecule has 7 nitrogen and oxygen atoms in total. The van der Waals surface area contributed by atoms with E-state index >= 15 is 0 Å². The minimum absolute atomic E-state index is 0.0627. The van der Waals surface area contributed by atoms with E-state index in [0.29, 0.717) is 36.1 Å². The van der Waals surface area contributed by atoms with E-state index in [-0.39, 0.29) is 24.3 Å². The molecule has 1 aliphatic rings. The van der Waals surface area contributed by atoms with Crippen molar-refractivity contribution in [3.63, 3.8) is 0 Å². The second-order valence-electron chi connectivity index (χ2n) is 8.74. The van der Waals surface area contributed by atoms with E-state index in [2.05, 4.69) is 4.18 Å². The Bertz CT molecular complexity index is 1350. The zero-order valence-corrected chi connectivity index (χ0v) is 21.9. The summed E-state index contributed by atoms with van der Waals surface area (Å²) in [7, 11) is -7.26. The van der Waals surface area contributed by atoms with Gasteiger partial charge in [-0.15, -0.1) is 0 Å². The van der Waals surface area contributed by atoms with Crippen molar-refractivity contribution in [3.05, 3.63) is 52.3 Å². The van der Waals surface area contributed by atoms with Gasteiger partial charge in [-0.05, 0) is 62.8 Å². The molecule has 0 N–H and O–H groups in total. The Hall–Kier alpha value is -2.45. The van der Waals surface area contributed by atoms with Crippen LogP contribution < -0.4 is 8.92 Å². The highest BCUT2D eigenvalue weighted by Gasteiger charge is 2.36. The number of piperidine rings is 1. The van der Waals surface area contributed by atoms with Crippen molar-refractivity contribution in [2.24, 2.45) is 0 Å². The first-order chi connectivity index (χ1) is 17.2. The lowest BCUT2D eigenvalue weighted by Gasteiger charge is -2.35. The summed E-state index contributed by atoms with van der Waals surface area (Å²) in [6, 6.07) is 2.63. The van der Waals surface area contributed by atoms with Gasteiger partial charge in [-0.3, -0.25) is 0 Å². The number of nitrogens with zero attached hydrogens (tertiary/aromatic N) is 1. The van der Waals surface area contributed by atoms with Crippen LogP contribution in [-0.2, 0) is 20.1 Å². The largest absolute Gasteiger partial charge is 0.497 e. The Balaban J connectivity index is 1.76. The maximum atomic E-state index is 13.8. The lowest BCUT2D eigenvalue weighted by Crippen LogP contribution is -2.44. The lowest BCUT2D eigenvalue weighted by atomic mass is 10.0. The van der Waals surface area contributed by atoms with Gasteiger partial charge in [0.2, 0.25) is 44.9 Å². The lowest BCUT2D eigenvalue weighted by molar-refractivity contribution is 0.239. The highest BCUT2D eigenvalue weighted by molar-refractivity contribution is 7.89. The van der Waals surface area contributed by atoms with Gasteiger partial charge < -0.3 is 8.92 Å². The van der Waals surface area contributed by atoms with E-state index in [1.165, 1.54) is 11.4 Å². The third kappa shape index (κ3) is 6.01. The zero-order valence-electron chi connectivity index (χ0n) is 20.3. The third-order valence-electron chi connectivity index (χ3n) is 6.12. The molecular weight excluding hydrogens is 545 g/mol. The minimum atomic E-state index is -4.77. The Morgan fingerprint density at radius 3 is 1.97 bits per heavy atom. The summed E-state index contributed by atoms with van der Waals surface area (Å²) >= 11 is 0. The number of halogens is 5. The number of methoxy groups -OCH3 is 1. The van der Waals surface area contributed by atoms with Crippen LogP contribution in [0.4, 0.5) is 22.0 Å². The second-order valence-corrected chi connectivity index (χ2v) is 12.3. The molecule has 0 bridgehead atoms. The number of sulfonamides is 1. The molecule has 1 aliphatic heterocycles. The van der Waals surface area contributed by atoms with Crippen molar-refractivity contribution in [2.45, 2.75) is 56.9 Å². The average Bonchev–Trinajstić information content (AvgIpc) is 2.83. The summed E-state index contributed by atoms with van der Waals surface area (Å²) in [4.78, 5) is 0.127. The van der Waals surface area contributed by atoms with Gasteiger partial charge in [0.15, 0.2) is 0 Å². The molecule has 1 atom stereocenters. The van der Waals surface area contributed by atoms with Crippen molar-refractivity contribution < 1.29 is 47.7 Å². The summed E-state index contributed by atoms with van der Waals surface area (Å²) in [6.07, 6.45) is 1.63. The van der Waals surface area contributed by atoms with Crippen LogP contribution >= 0.6 is 0 Å². The van der Waals surface area contributed by atoms with Crippen molar-refractivity contribution >= 4 is 20.1 Å². The molecule has 0 aromatic heterocycles. The van der Waals surface area contributed by atoms with Gasteiger partial charge in [0.1, 0.15) is 5.75 Å². The first-order valence-corrected chi connectivity index (χ1v) is 14.3. The average molecular weight is 572 g/mol. The van der Waals surface area contributed by atoms with E-state index < -0.39 is 66.8 Å². The molecular formula is C23H26F5NO6S2. The van der Waals surface area contributed by atoms with Gasteiger partial charge in [0.05, 0.1) is 17.8 Å². The van der Waals surface area contributed by atoms with Crippen molar-refractivity contribution in [3.8, 4) is 11.5 Å². The monoisotopic (exact) mass is 571 g/mol. The summed E-state index contributed by atoms with van der Waals surface area (Å²) in [5.74, 6) is -14.2. The summed E-state index contributed by atoms with van der Waals surface area (Å²) in [6.45, 7) is 3.50. The standard InChI is InChI=1S/C23H26F5NO6S2/c1-13-11-16(34-3)12-14(2)23(13)37(32,33)29-9-5-4-7-15(29)8-6-10-36(30,31)35-22-20(27)18(25)17(24)19(26)21(22)28/h11-12,15H,4-10H2,1-3H3. The number of benzene rings is 2. The highest BCUT2D eigenvalue weighted by Crippen LogP contribution is 2.34. The van der Waals surface area contributed by atoms with Gasteiger partial charge in [0, 0.05) is 12.6 Å². The molecule has 0 aliphatic carbocycles. The molecule has 1 unspecified atom stereocenters. The maximum absolute atomic E-state index is 13.8. The molecule has 1 fully saturated rings. The van der Waals surface area contributed by atoms with Gasteiger partial charge in [-0.1, -0.05) is 6.42 Å². The van der Waals surface area contributed by atoms with Crippen LogP contribution in [0.15, 0.2) is 17.0 Å². The number of hydrogen-bond donors (Lipinski definition) is 0. The Morgan fingerprint density at radius 1 is 0.892 bits per heavy atom. The van der Waals surface area contributed by atoms with E-state index in [0.717, 1.165) is 0 Å². The Labute approximate surface area is 212 Å².